The van der Waals surface area contributed by atoms with E-state index in [1.54, 1.807) is 31.4 Å². The molecule has 1 aromatic heterocycles. The Morgan fingerprint density at radius 2 is 1.93 bits per heavy atom. The number of nitrogens with one attached hydrogen (secondary N) is 2. The molecule has 3 aromatic rings. The smallest absolute Gasteiger partial charge is 0.251 e. The third kappa shape index (κ3) is 6.05. The minimum absolute atomic E-state index is 0.0546. The summed E-state index contributed by atoms with van der Waals surface area (Å²) in [6, 6.07) is 15.6. The maximum absolute atomic E-state index is 12.4. The normalized spacial score (nSPS) is 10.5. The second kappa shape index (κ2) is 9.89. The number of aromatic nitrogens is 2. The first-order valence-corrected chi connectivity index (χ1v) is 10.2. The fraction of sp³-hybridized carbons (Fsp3) is 0.182. The van der Waals surface area contributed by atoms with Crippen molar-refractivity contribution in [3.8, 4) is 5.75 Å². The molecule has 0 aliphatic carbocycles. The van der Waals surface area contributed by atoms with Crippen molar-refractivity contribution in [1.29, 1.82) is 0 Å². The van der Waals surface area contributed by atoms with Gasteiger partial charge in [0, 0.05) is 23.1 Å². The Morgan fingerprint density at radius 1 is 1.13 bits per heavy atom. The zero-order valence-corrected chi connectivity index (χ0v) is 17.4. The van der Waals surface area contributed by atoms with Crippen molar-refractivity contribution in [3.05, 3.63) is 81.8 Å². The third-order valence-electron chi connectivity index (χ3n) is 4.18. The van der Waals surface area contributed by atoms with Gasteiger partial charge < -0.3 is 15.0 Å². The monoisotopic (exact) mass is 423 g/mol. The summed E-state index contributed by atoms with van der Waals surface area (Å²) in [5.74, 6) is 0.944. The minimum atomic E-state index is -0.322. The van der Waals surface area contributed by atoms with Crippen LogP contribution in [-0.4, -0.2) is 28.8 Å². The molecule has 1 amide bonds. The van der Waals surface area contributed by atoms with Crippen molar-refractivity contribution in [2.45, 2.75) is 24.3 Å². The van der Waals surface area contributed by atoms with Crippen LogP contribution < -0.4 is 15.6 Å². The highest BCUT2D eigenvalue weighted by Gasteiger charge is 2.10. The second-order valence-corrected chi connectivity index (χ2v) is 7.51. The molecule has 0 bridgehead atoms. The zero-order valence-electron chi connectivity index (χ0n) is 16.6. The predicted octanol–water partition coefficient (Wildman–Crippen LogP) is 3.45. The molecule has 2 aromatic carbocycles. The van der Waals surface area contributed by atoms with Crippen LogP contribution in [0.2, 0.25) is 0 Å². The summed E-state index contributed by atoms with van der Waals surface area (Å²) in [4.78, 5) is 42.9. The molecule has 154 valence electrons. The van der Waals surface area contributed by atoms with E-state index in [9.17, 15) is 14.4 Å². The Bertz CT molecular complexity index is 1130. The van der Waals surface area contributed by atoms with E-state index in [1.807, 2.05) is 24.3 Å². The number of H-pyrrole nitrogens is 1. The number of Topliss-reactive ketones (excluding diaryl/α,β-unsaturated/α-hetero) is 1. The Labute approximate surface area is 177 Å². The highest BCUT2D eigenvalue weighted by Crippen LogP contribution is 2.21. The van der Waals surface area contributed by atoms with E-state index in [-0.39, 0.29) is 23.7 Å². The molecule has 0 radical (unpaired) electrons. The average molecular weight is 423 g/mol. The van der Waals surface area contributed by atoms with E-state index in [0.29, 0.717) is 27.9 Å². The number of thioether (sulfide) groups is 1. The predicted molar refractivity (Wildman–Crippen MR) is 116 cm³/mol. The average Bonchev–Trinajstić information content (AvgIpc) is 2.72. The molecular weight excluding hydrogens is 402 g/mol. The summed E-state index contributed by atoms with van der Waals surface area (Å²) in [6.07, 6.45) is -0.0546. The van der Waals surface area contributed by atoms with Crippen LogP contribution in [0.25, 0.3) is 0 Å². The number of amides is 1. The Hall–Kier alpha value is -3.39. The quantitative estimate of drug-likeness (QED) is 0.327. The largest absolute Gasteiger partial charge is 0.497 e. The molecule has 0 aliphatic heterocycles. The number of benzene rings is 2. The number of aromatic amines is 1. The van der Waals surface area contributed by atoms with Crippen molar-refractivity contribution in [1.82, 2.24) is 9.97 Å². The highest BCUT2D eigenvalue weighted by atomic mass is 32.2. The number of anilines is 1. The number of hydrogen-bond acceptors (Lipinski definition) is 6. The molecule has 0 unspecified atom stereocenters. The minimum Gasteiger partial charge on any atom is -0.497 e. The maximum atomic E-state index is 12.4. The van der Waals surface area contributed by atoms with Crippen molar-refractivity contribution in [3.63, 3.8) is 0 Å². The van der Waals surface area contributed by atoms with Gasteiger partial charge in [0.2, 0.25) is 5.91 Å². The summed E-state index contributed by atoms with van der Waals surface area (Å²) < 4.78 is 5.21. The standard InChI is InChI=1S/C22H21N3O4S/c1-14(26)16-6-4-7-17(10-16)23-20(27)11-18-12-21(28)25-22(24-18)30-13-15-5-3-8-19(9-15)29-2/h3-10,12H,11,13H2,1-2H3,(H,23,27)(H,24,25,28). The summed E-state index contributed by atoms with van der Waals surface area (Å²) in [7, 11) is 1.61. The number of rotatable bonds is 8. The summed E-state index contributed by atoms with van der Waals surface area (Å²) in [5.41, 5.74) is 2.10. The molecule has 0 aliphatic rings. The number of ether oxygens (including phenoxy) is 1. The Kier molecular flexibility index (Phi) is 7.03. The molecule has 7 nitrogen and oxygen atoms in total. The number of nitrogens with zero attached hydrogens (tertiary/aromatic N) is 1. The lowest BCUT2D eigenvalue weighted by Gasteiger charge is -2.07. The lowest BCUT2D eigenvalue weighted by molar-refractivity contribution is -0.115. The maximum Gasteiger partial charge on any atom is 0.251 e. The number of hydrogen-bond donors (Lipinski definition) is 2. The van der Waals surface area contributed by atoms with E-state index in [0.717, 1.165) is 11.3 Å². The molecule has 3 rings (SSSR count). The lowest BCUT2D eigenvalue weighted by Crippen LogP contribution is -2.18. The highest BCUT2D eigenvalue weighted by molar-refractivity contribution is 7.98. The molecule has 30 heavy (non-hydrogen) atoms. The fourth-order valence-electron chi connectivity index (χ4n) is 2.74. The van der Waals surface area contributed by atoms with Crippen molar-refractivity contribution in [2.75, 3.05) is 12.4 Å². The van der Waals surface area contributed by atoms with Crippen LogP contribution in [0.4, 0.5) is 5.69 Å². The van der Waals surface area contributed by atoms with E-state index >= 15 is 0 Å². The van der Waals surface area contributed by atoms with Crippen LogP contribution >= 0.6 is 11.8 Å². The van der Waals surface area contributed by atoms with Crippen molar-refractivity contribution < 1.29 is 14.3 Å². The summed E-state index contributed by atoms with van der Waals surface area (Å²) in [5, 5.41) is 3.17. The van der Waals surface area contributed by atoms with Crippen LogP contribution in [0.1, 0.15) is 28.5 Å². The summed E-state index contributed by atoms with van der Waals surface area (Å²) in [6.45, 7) is 1.46. The molecule has 8 heteroatoms. The van der Waals surface area contributed by atoms with E-state index in [2.05, 4.69) is 15.3 Å². The van der Waals surface area contributed by atoms with Gasteiger partial charge in [0.1, 0.15) is 5.75 Å². The van der Waals surface area contributed by atoms with Gasteiger partial charge in [-0.25, -0.2) is 4.98 Å². The van der Waals surface area contributed by atoms with Gasteiger partial charge in [-0.3, -0.25) is 14.4 Å². The lowest BCUT2D eigenvalue weighted by atomic mass is 10.1. The number of carbonyl (C=O) groups excluding carboxylic acids is 2. The van der Waals surface area contributed by atoms with Gasteiger partial charge in [-0.05, 0) is 36.8 Å². The first-order chi connectivity index (χ1) is 14.4. The Morgan fingerprint density at radius 3 is 2.70 bits per heavy atom. The molecule has 0 fully saturated rings. The molecule has 0 spiro atoms. The SMILES string of the molecule is COc1cccc(CSc2nc(CC(=O)Nc3cccc(C(C)=O)c3)cc(=O)[nH]2)c1. The topological polar surface area (TPSA) is 101 Å². The van der Waals surface area contributed by atoms with Gasteiger partial charge in [-0.15, -0.1) is 0 Å². The van der Waals surface area contributed by atoms with Crippen LogP contribution in [0.3, 0.4) is 0 Å². The molecule has 2 N–H and O–H groups in total. The van der Waals surface area contributed by atoms with Crippen molar-refractivity contribution >= 4 is 29.1 Å². The molecule has 1 heterocycles. The Balaban J connectivity index is 1.65. The van der Waals surface area contributed by atoms with Gasteiger partial charge in [0.05, 0.1) is 19.2 Å². The van der Waals surface area contributed by atoms with Gasteiger partial charge >= 0.3 is 0 Å². The second-order valence-electron chi connectivity index (χ2n) is 6.54. The van der Waals surface area contributed by atoms with Gasteiger partial charge in [-0.2, -0.15) is 0 Å². The van der Waals surface area contributed by atoms with Gasteiger partial charge in [0.25, 0.3) is 5.56 Å². The van der Waals surface area contributed by atoms with E-state index in [4.69, 9.17) is 4.74 Å². The zero-order chi connectivity index (χ0) is 21.5. The van der Waals surface area contributed by atoms with E-state index < -0.39 is 0 Å². The third-order valence-corrected chi connectivity index (χ3v) is 5.12. The number of ketones is 1. The molecule has 0 saturated heterocycles. The fourth-order valence-corrected chi connectivity index (χ4v) is 3.58. The van der Waals surface area contributed by atoms with Crippen LogP contribution in [0.5, 0.6) is 5.75 Å². The van der Waals surface area contributed by atoms with Crippen LogP contribution in [0.15, 0.2) is 64.5 Å². The summed E-state index contributed by atoms with van der Waals surface area (Å²) >= 11 is 1.37. The molecular formula is C22H21N3O4S. The van der Waals surface area contributed by atoms with Crippen LogP contribution in [-0.2, 0) is 17.0 Å². The first kappa shape index (κ1) is 21.3. The molecule has 0 saturated carbocycles. The number of carbonyl (C=O) groups is 2. The van der Waals surface area contributed by atoms with Gasteiger partial charge in [0.15, 0.2) is 10.9 Å². The first-order valence-electron chi connectivity index (χ1n) is 9.20. The van der Waals surface area contributed by atoms with Crippen molar-refractivity contribution in [2.24, 2.45) is 0 Å². The molecule has 0 atom stereocenters. The van der Waals surface area contributed by atoms with Crippen LogP contribution in [0, 0.1) is 0 Å². The van der Waals surface area contributed by atoms with E-state index in [1.165, 1.54) is 24.8 Å². The number of methoxy groups -OCH3 is 1. The van der Waals surface area contributed by atoms with Gasteiger partial charge in [-0.1, -0.05) is 36.0 Å².